The van der Waals surface area contributed by atoms with Crippen molar-refractivity contribution in [3.8, 4) is 0 Å². The van der Waals surface area contributed by atoms with Crippen LogP contribution in [-0.2, 0) is 17.8 Å². The first-order chi connectivity index (χ1) is 11.8. The molecule has 2 fully saturated rings. The Morgan fingerprint density at radius 1 is 1.17 bits per heavy atom. The molecule has 2 aromatic rings. The van der Waals surface area contributed by atoms with Gasteiger partial charge < -0.3 is 4.74 Å². The Labute approximate surface area is 147 Å². The summed E-state index contributed by atoms with van der Waals surface area (Å²) in [5.41, 5.74) is 1.54. The summed E-state index contributed by atoms with van der Waals surface area (Å²) in [4.78, 5) is 13.8. The Kier molecular flexibility index (Phi) is 4.89. The Bertz CT molecular complexity index is 636. The summed E-state index contributed by atoms with van der Waals surface area (Å²) in [6.07, 6.45) is 6.92. The fraction of sp³-hybridized carbons (Fsp3) is 0.556. The van der Waals surface area contributed by atoms with Gasteiger partial charge in [-0.1, -0.05) is 6.07 Å². The molecule has 6 heteroatoms. The topological polar surface area (TPSA) is 41.5 Å². The molecule has 5 nitrogen and oxygen atoms in total. The SMILES string of the molecule is c1cncc(CN2CCOCC3(CCN(Cc4nccs4)C3)C2)c1. The number of aromatic nitrogens is 2. The molecule has 0 saturated carbocycles. The van der Waals surface area contributed by atoms with Gasteiger partial charge in [-0.2, -0.15) is 0 Å². The zero-order valence-corrected chi connectivity index (χ0v) is 14.7. The molecule has 0 amide bonds. The normalized spacial score (nSPS) is 26.0. The summed E-state index contributed by atoms with van der Waals surface area (Å²) in [6.45, 7) is 8.01. The van der Waals surface area contributed by atoms with Gasteiger partial charge in [-0.05, 0) is 24.6 Å². The number of rotatable bonds is 4. The molecule has 0 bridgehead atoms. The first-order valence-electron chi connectivity index (χ1n) is 8.61. The minimum atomic E-state index is 0.260. The van der Waals surface area contributed by atoms with E-state index in [2.05, 4.69) is 31.2 Å². The number of ether oxygens (including phenoxy) is 1. The Hall–Kier alpha value is -1.34. The molecular formula is C18H24N4OS. The Morgan fingerprint density at radius 2 is 2.08 bits per heavy atom. The van der Waals surface area contributed by atoms with Gasteiger partial charge in [0.1, 0.15) is 5.01 Å². The molecule has 2 aromatic heterocycles. The van der Waals surface area contributed by atoms with E-state index in [1.165, 1.54) is 17.0 Å². The minimum absolute atomic E-state index is 0.260. The van der Waals surface area contributed by atoms with Crippen LogP contribution < -0.4 is 0 Å². The summed E-state index contributed by atoms with van der Waals surface area (Å²) in [5.74, 6) is 0. The lowest BCUT2D eigenvalue weighted by Gasteiger charge is -2.32. The highest BCUT2D eigenvalue weighted by molar-refractivity contribution is 7.09. The summed E-state index contributed by atoms with van der Waals surface area (Å²) < 4.78 is 5.99. The fourth-order valence-electron chi connectivity index (χ4n) is 3.90. The molecule has 4 heterocycles. The van der Waals surface area contributed by atoms with Gasteiger partial charge >= 0.3 is 0 Å². The van der Waals surface area contributed by atoms with Gasteiger partial charge in [0.15, 0.2) is 0 Å². The molecular weight excluding hydrogens is 320 g/mol. The first-order valence-corrected chi connectivity index (χ1v) is 9.49. The van der Waals surface area contributed by atoms with Crippen LogP contribution in [0, 0.1) is 5.41 Å². The molecule has 1 atom stereocenters. The second-order valence-corrected chi connectivity index (χ2v) is 7.99. The lowest BCUT2D eigenvalue weighted by molar-refractivity contribution is 0.0706. The van der Waals surface area contributed by atoms with Crippen molar-refractivity contribution in [2.75, 3.05) is 39.4 Å². The molecule has 1 spiro atoms. The van der Waals surface area contributed by atoms with Crippen LogP contribution in [0.15, 0.2) is 36.1 Å². The third-order valence-corrected chi connectivity index (χ3v) is 5.77. The van der Waals surface area contributed by atoms with E-state index in [1.54, 1.807) is 11.3 Å². The maximum absolute atomic E-state index is 5.99. The highest BCUT2D eigenvalue weighted by Gasteiger charge is 2.41. The average molecular weight is 344 g/mol. The number of pyridine rings is 1. The van der Waals surface area contributed by atoms with Crippen molar-refractivity contribution in [1.82, 2.24) is 19.8 Å². The van der Waals surface area contributed by atoms with Gasteiger partial charge in [-0.3, -0.25) is 14.8 Å². The van der Waals surface area contributed by atoms with Crippen LogP contribution in [-0.4, -0.2) is 59.2 Å². The molecule has 2 aliphatic heterocycles. The lowest BCUT2D eigenvalue weighted by atomic mass is 9.87. The zero-order chi connectivity index (χ0) is 16.2. The Morgan fingerprint density at radius 3 is 2.88 bits per heavy atom. The zero-order valence-electron chi connectivity index (χ0n) is 13.9. The summed E-state index contributed by atoms with van der Waals surface area (Å²) in [5, 5.41) is 3.28. The lowest BCUT2D eigenvalue weighted by Crippen LogP contribution is -2.40. The smallest absolute Gasteiger partial charge is 0.107 e. The van der Waals surface area contributed by atoms with Gasteiger partial charge in [-0.15, -0.1) is 11.3 Å². The maximum Gasteiger partial charge on any atom is 0.107 e. The van der Waals surface area contributed by atoms with Crippen molar-refractivity contribution in [2.45, 2.75) is 19.5 Å². The van der Waals surface area contributed by atoms with E-state index in [9.17, 15) is 0 Å². The first kappa shape index (κ1) is 16.1. The van der Waals surface area contributed by atoms with Gasteiger partial charge in [0.2, 0.25) is 0 Å². The predicted octanol–water partition coefficient (Wildman–Crippen LogP) is 2.26. The van der Waals surface area contributed by atoms with E-state index in [-0.39, 0.29) is 5.41 Å². The third kappa shape index (κ3) is 3.83. The molecule has 128 valence electrons. The minimum Gasteiger partial charge on any atom is -0.379 e. The second kappa shape index (κ2) is 7.27. The number of hydrogen-bond donors (Lipinski definition) is 0. The van der Waals surface area contributed by atoms with Crippen molar-refractivity contribution in [1.29, 1.82) is 0 Å². The van der Waals surface area contributed by atoms with Crippen molar-refractivity contribution < 1.29 is 4.74 Å². The highest BCUT2D eigenvalue weighted by Crippen LogP contribution is 2.34. The van der Waals surface area contributed by atoms with E-state index < -0.39 is 0 Å². The summed E-state index contributed by atoms with van der Waals surface area (Å²) in [7, 11) is 0. The number of hydrogen-bond acceptors (Lipinski definition) is 6. The van der Waals surface area contributed by atoms with Gasteiger partial charge in [0.05, 0.1) is 19.8 Å². The summed E-state index contributed by atoms with van der Waals surface area (Å²) in [6, 6.07) is 4.18. The molecule has 2 saturated heterocycles. The quantitative estimate of drug-likeness (QED) is 0.851. The fourth-order valence-corrected chi connectivity index (χ4v) is 4.56. The van der Waals surface area contributed by atoms with Crippen LogP contribution in [0.5, 0.6) is 0 Å². The van der Waals surface area contributed by atoms with Crippen molar-refractivity contribution in [3.05, 3.63) is 46.7 Å². The Balaban J connectivity index is 1.40. The van der Waals surface area contributed by atoms with Crippen LogP contribution in [0.1, 0.15) is 17.0 Å². The predicted molar refractivity (Wildman–Crippen MR) is 94.8 cm³/mol. The largest absolute Gasteiger partial charge is 0.379 e. The maximum atomic E-state index is 5.99. The highest BCUT2D eigenvalue weighted by atomic mass is 32.1. The third-order valence-electron chi connectivity index (χ3n) is 5.01. The molecule has 2 aliphatic rings. The molecule has 4 rings (SSSR count). The number of likely N-dealkylation sites (tertiary alicyclic amines) is 1. The molecule has 1 unspecified atom stereocenters. The van der Waals surface area contributed by atoms with Crippen LogP contribution in [0.3, 0.4) is 0 Å². The molecule has 0 radical (unpaired) electrons. The van der Waals surface area contributed by atoms with Crippen molar-refractivity contribution in [2.24, 2.45) is 5.41 Å². The van der Waals surface area contributed by atoms with Crippen LogP contribution in [0.25, 0.3) is 0 Å². The van der Waals surface area contributed by atoms with E-state index in [4.69, 9.17) is 4.74 Å². The second-order valence-electron chi connectivity index (χ2n) is 7.01. The molecule has 0 N–H and O–H groups in total. The van der Waals surface area contributed by atoms with Gasteiger partial charge in [0, 0.05) is 55.6 Å². The van der Waals surface area contributed by atoms with Crippen molar-refractivity contribution in [3.63, 3.8) is 0 Å². The van der Waals surface area contributed by atoms with E-state index in [1.807, 2.05) is 24.7 Å². The molecule has 0 aliphatic carbocycles. The van der Waals surface area contributed by atoms with E-state index in [0.29, 0.717) is 0 Å². The average Bonchev–Trinajstić information content (AvgIpc) is 3.19. The van der Waals surface area contributed by atoms with Gasteiger partial charge in [0.25, 0.3) is 0 Å². The molecule has 0 aromatic carbocycles. The van der Waals surface area contributed by atoms with E-state index in [0.717, 1.165) is 52.5 Å². The monoisotopic (exact) mass is 344 g/mol. The standard InChI is InChI=1S/C18H24N4OS/c1-2-16(10-19-4-1)11-22-7-8-23-15-18(14-22)3-6-21(13-18)12-17-20-5-9-24-17/h1-2,4-5,9-10H,3,6-8,11-15H2. The van der Waals surface area contributed by atoms with E-state index >= 15 is 0 Å². The van der Waals surface area contributed by atoms with Crippen LogP contribution in [0.4, 0.5) is 0 Å². The van der Waals surface area contributed by atoms with Crippen molar-refractivity contribution >= 4 is 11.3 Å². The molecule has 24 heavy (non-hydrogen) atoms. The number of nitrogens with zero attached hydrogens (tertiary/aromatic N) is 4. The van der Waals surface area contributed by atoms with Crippen LogP contribution in [0.2, 0.25) is 0 Å². The number of thiazole rings is 1. The van der Waals surface area contributed by atoms with Gasteiger partial charge in [-0.25, -0.2) is 4.98 Å². The summed E-state index contributed by atoms with van der Waals surface area (Å²) >= 11 is 1.75. The van der Waals surface area contributed by atoms with Crippen LogP contribution >= 0.6 is 11.3 Å².